The molecule has 1 N–H and O–H groups in total. The first-order valence-corrected chi connectivity index (χ1v) is 13.4. The Bertz CT molecular complexity index is 1030. The van der Waals surface area contributed by atoms with Gasteiger partial charge in [0.15, 0.2) is 0 Å². The molecule has 0 saturated carbocycles. The van der Waals surface area contributed by atoms with E-state index in [1.54, 1.807) is 12.1 Å². The molecule has 1 saturated heterocycles. The van der Waals surface area contributed by atoms with Gasteiger partial charge in [-0.15, -0.1) is 0 Å². The zero-order valence-corrected chi connectivity index (χ0v) is 19.5. The maximum absolute atomic E-state index is 12.6. The number of rotatable bonds is 7. The maximum Gasteiger partial charge on any atom is 0.244 e. The van der Waals surface area contributed by atoms with Crippen molar-refractivity contribution in [3.63, 3.8) is 0 Å². The van der Waals surface area contributed by atoms with E-state index < -0.39 is 10.0 Å². The van der Waals surface area contributed by atoms with E-state index in [9.17, 15) is 13.2 Å². The van der Waals surface area contributed by atoms with Gasteiger partial charge in [-0.2, -0.15) is 4.31 Å². The molecule has 1 aliphatic carbocycles. The Morgan fingerprint density at radius 1 is 1.10 bits per heavy atom. The minimum absolute atomic E-state index is 0.0544. The zero-order valence-electron chi connectivity index (χ0n) is 17.8. The van der Waals surface area contributed by atoms with Crippen LogP contribution in [0.3, 0.4) is 0 Å². The quantitative estimate of drug-likeness (QED) is 0.639. The summed E-state index contributed by atoms with van der Waals surface area (Å²) >= 11 is 1.31. The lowest BCUT2D eigenvalue weighted by Crippen LogP contribution is -2.28. The molecule has 2 heterocycles. The lowest BCUT2D eigenvalue weighted by molar-refractivity contribution is -0.119. The molecule has 0 radical (unpaired) electrons. The summed E-state index contributed by atoms with van der Waals surface area (Å²) in [6, 6.07) is 9.74. The molecule has 1 atom stereocenters. The summed E-state index contributed by atoms with van der Waals surface area (Å²) in [5.74, 6) is 0.173. The van der Waals surface area contributed by atoms with Crippen molar-refractivity contribution in [3.8, 4) is 0 Å². The summed E-state index contributed by atoms with van der Waals surface area (Å²) in [4.78, 5) is 16.9. The fourth-order valence-electron chi connectivity index (χ4n) is 4.21. The number of nitrogens with one attached hydrogen (secondary N) is 1. The predicted octanol–water partition coefficient (Wildman–Crippen LogP) is 3.71. The van der Waals surface area contributed by atoms with Crippen LogP contribution in [0, 0.1) is 0 Å². The molecule has 1 aromatic carbocycles. The monoisotopic (exact) mass is 459 g/mol. The van der Waals surface area contributed by atoms with Crippen molar-refractivity contribution in [2.75, 3.05) is 18.8 Å². The van der Waals surface area contributed by atoms with Crippen LogP contribution < -0.4 is 5.32 Å². The molecule has 0 spiro atoms. The largest absolute Gasteiger partial charge is 0.349 e. The van der Waals surface area contributed by atoms with Gasteiger partial charge in [0, 0.05) is 19.3 Å². The molecule has 1 aliphatic heterocycles. The number of thioether (sulfide) groups is 1. The highest BCUT2D eigenvalue weighted by atomic mass is 32.2. The van der Waals surface area contributed by atoms with Gasteiger partial charge in [-0.25, -0.2) is 13.4 Å². The molecule has 2 aromatic rings. The third-order valence-electron chi connectivity index (χ3n) is 6.01. The summed E-state index contributed by atoms with van der Waals surface area (Å²) in [7, 11) is -3.46. The van der Waals surface area contributed by atoms with Gasteiger partial charge < -0.3 is 5.32 Å². The van der Waals surface area contributed by atoms with Gasteiger partial charge in [-0.1, -0.05) is 30.0 Å². The van der Waals surface area contributed by atoms with Crippen LogP contribution in [-0.2, 0) is 27.7 Å². The molecule has 31 heavy (non-hydrogen) atoms. The van der Waals surface area contributed by atoms with Crippen molar-refractivity contribution in [2.24, 2.45) is 0 Å². The number of pyridine rings is 1. The minimum Gasteiger partial charge on any atom is -0.349 e. The Morgan fingerprint density at radius 3 is 2.55 bits per heavy atom. The van der Waals surface area contributed by atoms with Crippen LogP contribution in [-0.4, -0.2) is 42.5 Å². The van der Waals surface area contributed by atoms with Gasteiger partial charge >= 0.3 is 0 Å². The number of hydrogen-bond donors (Lipinski definition) is 1. The van der Waals surface area contributed by atoms with Crippen molar-refractivity contribution < 1.29 is 13.2 Å². The van der Waals surface area contributed by atoms with Crippen molar-refractivity contribution in [2.45, 2.75) is 61.4 Å². The number of benzene rings is 1. The van der Waals surface area contributed by atoms with Crippen LogP contribution in [0.25, 0.3) is 0 Å². The Hall–Kier alpha value is -1.90. The average Bonchev–Trinajstić information content (AvgIpc) is 3.33. The SMILES string of the molecule is CC(NC(=O)CSc1ccc(S(=O)(=O)N2CCCC2)cn1)c1ccc2c(c1)CCCC2. The van der Waals surface area contributed by atoms with Gasteiger partial charge in [0.2, 0.25) is 15.9 Å². The summed E-state index contributed by atoms with van der Waals surface area (Å²) in [5, 5.41) is 3.69. The van der Waals surface area contributed by atoms with E-state index in [-0.39, 0.29) is 22.6 Å². The molecule has 2 aliphatic rings. The number of fused-ring (bicyclic) bond motifs is 1. The van der Waals surface area contributed by atoms with E-state index in [1.807, 2.05) is 6.92 Å². The lowest BCUT2D eigenvalue weighted by Gasteiger charge is -2.20. The van der Waals surface area contributed by atoms with E-state index in [2.05, 4.69) is 28.5 Å². The van der Waals surface area contributed by atoms with Crippen LogP contribution >= 0.6 is 11.8 Å². The highest BCUT2D eigenvalue weighted by Crippen LogP contribution is 2.25. The second-order valence-corrected chi connectivity index (χ2v) is 11.2. The van der Waals surface area contributed by atoms with E-state index >= 15 is 0 Å². The second-order valence-electron chi connectivity index (χ2n) is 8.26. The number of nitrogens with zero attached hydrogens (tertiary/aromatic N) is 2. The Morgan fingerprint density at radius 2 is 1.84 bits per heavy atom. The van der Waals surface area contributed by atoms with Crippen molar-refractivity contribution in [3.05, 3.63) is 53.2 Å². The van der Waals surface area contributed by atoms with E-state index in [0.717, 1.165) is 31.2 Å². The third-order valence-corrected chi connectivity index (χ3v) is 8.84. The van der Waals surface area contributed by atoms with Crippen LogP contribution in [0.4, 0.5) is 0 Å². The van der Waals surface area contributed by atoms with Gasteiger partial charge in [0.25, 0.3) is 0 Å². The first-order chi connectivity index (χ1) is 14.9. The van der Waals surface area contributed by atoms with Gasteiger partial charge in [-0.05, 0) is 74.3 Å². The number of amides is 1. The number of aromatic nitrogens is 1. The van der Waals surface area contributed by atoms with Crippen LogP contribution in [0.5, 0.6) is 0 Å². The van der Waals surface area contributed by atoms with Gasteiger partial charge in [0.05, 0.1) is 16.8 Å². The zero-order chi connectivity index (χ0) is 21.8. The second kappa shape index (κ2) is 9.71. The molecule has 1 amide bonds. The molecule has 166 valence electrons. The fraction of sp³-hybridized carbons (Fsp3) is 0.478. The van der Waals surface area contributed by atoms with Gasteiger partial charge in [0.1, 0.15) is 4.90 Å². The standard InChI is InChI=1S/C23H29N3O3S2/c1-17(19-9-8-18-6-2-3-7-20(18)14-19)25-22(27)16-30-23-11-10-21(15-24-23)31(28,29)26-12-4-5-13-26/h8-11,14-15,17H,2-7,12-13,16H2,1H3,(H,25,27). The third kappa shape index (κ3) is 5.30. The average molecular weight is 460 g/mol. The molecule has 8 heteroatoms. The molecule has 1 aromatic heterocycles. The molecule has 4 rings (SSSR count). The normalized spacial score (nSPS) is 17.8. The number of aryl methyl sites for hydroxylation is 2. The summed E-state index contributed by atoms with van der Waals surface area (Å²) < 4.78 is 26.7. The number of carbonyl (C=O) groups excluding carboxylic acids is 1. The van der Waals surface area contributed by atoms with Crippen molar-refractivity contribution >= 4 is 27.7 Å². The smallest absolute Gasteiger partial charge is 0.244 e. The molecule has 1 fully saturated rings. The highest BCUT2D eigenvalue weighted by Gasteiger charge is 2.27. The predicted molar refractivity (Wildman–Crippen MR) is 123 cm³/mol. The highest BCUT2D eigenvalue weighted by molar-refractivity contribution is 7.99. The summed E-state index contributed by atoms with van der Waals surface area (Å²) in [5.41, 5.74) is 3.98. The van der Waals surface area contributed by atoms with Gasteiger partial charge in [-0.3, -0.25) is 4.79 Å². The minimum atomic E-state index is -3.46. The Kier molecular flexibility index (Phi) is 6.99. The number of hydrogen-bond acceptors (Lipinski definition) is 5. The molecule has 6 nitrogen and oxygen atoms in total. The summed E-state index contributed by atoms with van der Waals surface area (Å²) in [6.07, 6.45) is 7.96. The van der Waals surface area contributed by atoms with Crippen molar-refractivity contribution in [1.82, 2.24) is 14.6 Å². The molecule has 0 bridgehead atoms. The number of carbonyl (C=O) groups is 1. The van der Waals surface area contributed by atoms with E-state index in [4.69, 9.17) is 0 Å². The molecular weight excluding hydrogens is 430 g/mol. The lowest BCUT2D eigenvalue weighted by atomic mass is 9.89. The fourth-order valence-corrected chi connectivity index (χ4v) is 6.33. The first-order valence-electron chi connectivity index (χ1n) is 10.9. The van der Waals surface area contributed by atoms with Crippen LogP contribution in [0.1, 0.15) is 55.3 Å². The molecule has 1 unspecified atom stereocenters. The summed E-state index contributed by atoms with van der Waals surface area (Å²) in [6.45, 7) is 3.15. The topological polar surface area (TPSA) is 79.4 Å². The van der Waals surface area contributed by atoms with E-state index in [0.29, 0.717) is 18.1 Å². The van der Waals surface area contributed by atoms with Crippen molar-refractivity contribution in [1.29, 1.82) is 0 Å². The van der Waals surface area contributed by atoms with Crippen LogP contribution in [0.2, 0.25) is 0 Å². The Balaban J connectivity index is 1.30. The first kappa shape index (κ1) is 22.3. The van der Waals surface area contributed by atoms with Crippen LogP contribution in [0.15, 0.2) is 46.5 Å². The molecular formula is C23H29N3O3S2. The van der Waals surface area contributed by atoms with E-state index in [1.165, 1.54) is 46.2 Å². The Labute approximate surface area is 188 Å². The number of sulfonamides is 1. The maximum atomic E-state index is 12.6.